The number of nitrogens with one attached hydrogen (secondary N) is 2. The summed E-state index contributed by atoms with van der Waals surface area (Å²) < 4.78 is 6.16. The van der Waals surface area contributed by atoms with E-state index in [2.05, 4.69) is 20.1 Å². The second-order valence-corrected chi connectivity index (χ2v) is 5.82. The van der Waals surface area contributed by atoms with E-state index in [1.165, 1.54) is 11.5 Å². The first kappa shape index (κ1) is 15.2. The summed E-state index contributed by atoms with van der Waals surface area (Å²) in [5.41, 5.74) is 2.98. The first-order valence-electron chi connectivity index (χ1n) is 7.26. The van der Waals surface area contributed by atoms with Gasteiger partial charge in [-0.1, -0.05) is 30.3 Å². The van der Waals surface area contributed by atoms with Crippen LogP contribution in [0.15, 0.2) is 48.7 Å². The van der Waals surface area contributed by atoms with E-state index in [1.54, 1.807) is 10.9 Å². The number of rotatable bonds is 5. The Kier molecular flexibility index (Phi) is 4.68. The third kappa shape index (κ3) is 3.95. The molecule has 0 radical (unpaired) electrons. The van der Waals surface area contributed by atoms with Gasteiger partial charge in [0.2, 0.25) is 0 Å². The lowest BCUT2D eigenvalue weighted by Gasteiger charge is -2.05. The van der Waals surface area contributed by atoms with Gasteiger partial charge in [-0.15, -0.1) is 0 Å². The predicted octanol–water partition coefficient (Wildman–Crippen LogP) is 2.91. The van der Waals surface area contributed by atoms with Crippen molar-refractivity contribution < 1.29 is 4.79 Å². The molecule has 2 aromatic heterocycles. The van der Waals surface area contributed by atoms with E-state index in [4.69, 9.17) is 0 Å². The number of benzene rings is 1. The topological polar surface area (TPSA) is 71.8 Å². The normalized spacial score (nSPS) is 10.5. The highest BCUT2D eigenvalue weighted by Gasteiger charge is 2.07. The van der Waals surface area contributed by atoms with Gasteiger partial charge in [-0.25, -0.2) is 4.79 Å². The lowest BCUT2D eigenvalue weighted by molar-refractivity contribution is 0.252. The number of carbonyl (C=O) groups excluding carboxylic acids is 1. The molecule has 3 rings (SSSR count). The predicted molar refractivity (Wildman–Crippen MR) is 91.5 cm³/mol. The molecule has 0 saturated carbocycles. The molecule has 0 atom stereocenters. The van der Waals surface area contributed by atoms with Gasteiger partial charge in [-0.05, 0) is 17.6 Å². The Morgan fingerprint density at radius 3 is 2.83 bits per heavy atom. The van der Waals surface area contributed by atoms with E-state index >= 15 is 0 Å². The van der Waals surface area contributed by atoms with Crippen LogP contribution in [0.3, 0.4) is 0 Å². The van der Waals surface area contributed by atoms with E-state index < -0.39 is 0 Å². The van der Waals surface area contributed by atoms with Crippen LogP contribution in [0, 0.1) is 0 Å². The number of carbonyl (C=O) groups is 1. The third-order valence-corrected chi connectivity index (χ3v) is 4.11. The van der Waals surface area contributed by atoms with Crippen molar-refractivity contribution in [3.8, 4) is 11.3 Å². The molecule has 0 aliphatic rings. The van der Waals surface area contributed by atoms with Crippen LogP contribution >= 0.6 is 11.5 Å². The van der Waals surface area contributed by atoms with Crippen LogP contribution in [-0.4, -0.2) is 26.7 Å². The summed E-state index contributed by atoms with van der Waals surface area (Å²) in [5, 5.41) is 10.5. The average molecular weight is 327 g/mol. The third-order valence-electron chi connectivity index (χ3n) is 3.41. The highest BCUT2D eigenvalue weighted by molar-refractivity contribution is 7.10. The fourth-order valence-corrected chi connectivity index (χ4v) is 2.84. The van der Waals surface area contributed by atoms with Gasteiger partial charge in [0.15, 0.2) is 0 Å². The Morgan fingerprint density at radius 2 is 2.09 bits per heavy atom. The summed E-state index contributed by atoms with van der Waals surface area (Å²) in [6, 6.07) is 13.5. The zero-order chi connectivity index (χ0) is 16.1. The Bertz CT molecular complexity index is 781. The molecule has 6 nitrogen and oxygen atoms in total. The second kappa shape index (κ2) is 7.06. The van der Waals surface area contributed by atoms with Crippen LogP contribution in [0.4, 0.5) is 9.80 Å². The number of hydrogen-bond donors (Lipinski definition) is 2. The van der Waals surface area contributed by atoms with Gasteiger partial charge in [-0.3, -0.25) is 10.00 Å². The molecule has 2 amide bonds. The first-order chi connectivity index (χ1) is 11.2. The van der Waals surface area contributed by atoms with Gasteiger partial charge < -0.3 is 5.32 Å². The SMILES string of the molecule is Cn1nccc1CCNC(=O)Nc1cc(-c2ccccc2)ns1. The molecule has 2 N–H and O–H groups in total. The standard InChI is InChI=1S/C16H17N5OS/c1-21-13(8-10-18-21)7-9-17-16(22)19-15-11-14(20-23-15)12-5-3-2-4-6-12/h2-6,8,10-11H,7,9H2,1H3,(H2,17,19,22). The van der Waals surface area contributed by atoms with Gasteiger partial charge in [0.1, 0.15) is 5.00 Å². The van der Waals surface area contributed by atoms with Gasteiger partial charge in [0.25, 0.3) is 0 Å². The van der Waals surface area contributed by atoms with Gasteiger partial charge in [0.05, 0.1) is 5.69 Å². The summed E-state index contributed by atoms with van der Waals surface area (Å²) in [7, 11) is 1.89. The van der Waals surface area contributed by atoms with Crippen molar-refractivity contribution in [2.75, 3.05) is 11.9 Å². The van der Waals surface area contributed by atoms with E-state index in [9.17, 15) is 4.79 Å². The van der Waals surface area contributed by atoms with Crippen molar-refractivity contribution >= 4 is 22.6 Å². The van der Waals surface area contributed by atoms with Crippen molar-refractivity contribution in [3.63, 3.8) is 0 Å². The zero-order valence-electron chi connectivity index (χ0n) is 12.7. The average Bonchev–Trinajstić information content (AvgIpc) is 3.18. The molecule has 7 heteroatoms. The minimum absolute atomic E-state index is 0.226. The zero-order valence-corrected chi connectivity index (χ0v) is 13.5. The Labute approximate surface area is 138 Å². The van der Waals surface area contributed by atoms with Crippen molar-refractivity contribution in [3.05, 3.63) is 54.4 Å². The number of aromatic nitrogens is 3. The summed E-state index contributed by atoms with van der Waals surface area (Å²) in [6.07, 6.45) is 2.49. The molecule has 1 aromatic carbocycles. The lowest BCUT2D eigenvalue weighted by atomic mass is 10.2. The summed E-state index contributed by atoms with van der Waals surface area (Å²) in [5.74, 6) is 0. The van der Waals surface area contributed by atoms with Gasteiger partial charge >= 0.3 is 6.03 Å². The molecule has 0 aliphatic carbocycles. The maximum absolute atomic E-state index is 11.9. The molecule has 0 aliphatic heterocycles. The maximum Gasteiger partial charge on any atom is 0.319 e. The quantitative estimate of drug-likeness (QED) is 0.757. The summed E-state index contributed by atoms with van der Waals surface area (Å²) >= 11 is 1.27. The van der Waals surface area contributed by atoms with Crippen LogP contribution < -0.4 is 10.6 Å². The molecule has 0 fully saturated rings. The molecule has 2 heterocycles. The molecule has 3 aromatic rings. The monoisotopic (exact) mass is 327 g/mol. The highest BCUT2D eigenvalue weighted by Crippen LogP contribution is 2.24. The fourth-order valence-electron chi connectivity index (χ4n) is 2.19. The molecular formula is C16H17N5OS. The van der Waals surface area contributed by atoms with Crippen LogP contribution in [0.5, 0.6) is 0 Å². The molecule has 0 unspecified atom stereocenters. The minimum atomic E-state index is -0.226. The smallest absolute Gasteiger partial charge is 0.319 e. The number of anilines is 1. The number of aryl methyl sites for hydroxylation is 1. The number of nitrogens with zero attached hydrogens (tertiary/aromatic N) is 3. The van der Waals surface area contributed by atoms with E-state index in [1.807, 2.05) is 49.5 Å². The Hall–Kier alpha value is -2.67. The fraction of sp³-hybridized carbons (Fsp3) is 0.188. The van der Waals surface area contributed by atoms with Gasteiger partial charge in [0, 0.05) is 43.5 Å². The van der Waals surface area contributed by atoms with Crippen LogP contribution in [0.1, 0.15) is 5.69 Å². The van der Waals surface area contributed by atoms with E-state index in [0.29, 0.717) is 6.54 Å². The highest BCUT2D eigenvalue weighted by atomic mass is 32.1. The molecule has 118 valence electrons. The second-order valence-electron chi connectivity index (χ2n) is 5.02. The maximum atomic E-state index is 11.9. The molecular weight excluding hydrogens is 310 g/mol. The number of hydrogen-bond acceptors (Lipinski definition) is 4. The van der Waals surface area contributed by atoms with Crippen LogP contribution in [0.25, 0.3) is 11.3 Å². The minimum Gasteiger partial charge on any atom is -0.337 e. The van der Waals surface area contributed by atoms with Gasteiger partial charge in [-0.2, -0.15) is 9.47 Å². The number of urea groups is 1. The van der Waals surface area contributed by atoms with Crippen molar-refractivity contribution in [1.29, 1.82) is 0 Å². The largest absolute Gasteiger partial charge is 0.337 e. The first-order valence-corrected chi connectivity index (χ1v) is 8.03. The Balaban J connectivity index is 1.50. The van der Waals surface area contributed by atoms with Crippen molar-refractivity contribution in [1.82, 2.24) is 19.5 Å². The van der Waals surface area contributed by atoms with E-state index in [-0.39, 0.29) is 6.03 Å². The number of amides is 2. The van der Waals surface area contributed by atoms with Crippen molar-refractivity contribution in [2.45, 2.75) is 6.42 Å². The van der Waals surface area contributed by atoms with Crippen LogP contribution in [0.2, 0.25) is 0 Å². The molecule has 23 heavy (non-hydrogen) atoms. The molecule has 0 bridgehead atoms. The summed E-state index contributed by atoms with van der Waals surface area (Å²) in [6.45, 7) is 0.551. The van der Waals surface area contributed by atoms with E-state index in [0.717, 1.165) is 28.4 Å². The van der Waals surface area contributed by atoms with Crippen molar-refractivity contribution in [2.24, 2.45) is 7.05 Å². The summed E-state index contributed by atoms with van der Waals surface area (Å²) in [4.78, 5) is 11.9. The Morgan fingerprint density at radius 1 is 1.26 bits per heavy atom. The molecule has 0 saturated heterocycles. The van der Waals surface area contributed by atoms with Crippen LogP contribution in [-0.2, 0) is 13.5 Å². The lowest BCUT2D eigenvalue weighted by Crippen LogP contribution is -2.30. The molecule has 0 spiro atoms.